The molecule has 0 spiro atoms. The normalized spacial score (nSPS) is 11.8. The minimum Gasteiger partial charge on any atom is -0.497 e. The lowest BCUT2D eigenvalue weighted by Gasteiger charge is -2.17. The van der Waals surface area contributed by atoms with Gasteiger partial charge < -0.3 is 19.4 Å². The third kappa shape index (κ3) is 5.75. The Bertz CT molecular complexity index is 1080. The Kier molecular flexibility index (Phi) is 8.04. The van der Waals surface area contributed by atoms with Gasteiger partial charge in [-0.1, -0.05) is 29.4 Å². The number of aromatic nitrogens is 3. The fraction of sp³-hybridized carbons (Fsp3) is 0.348. The first-order valence-electron chi connectivity index (χ1n) is 10.3. The molecule has 0 saturated carbocycles. The molecule has 3 rings (SSSR count). The number of hydrogen-bond donors (Lipinski definition) is 1. The van der Waals surface area contributed by atoms with Crippen LogP contribution in [0, 0.1) is 13.8 Å². The SMILES string of the molecule is CCn1c(SCC(=O)Nc2cccc(OC)c2)nnc1C(C)Oc1cc(C)c(Cl)c(C)c1. The molecule has 1 unspecified atom stereocenters. The van der Waals surface area contributed by atoms with Crippen LogP contribution in [0.4, 0.5) is 5.69 Å². The second kappa shape index (κ2) is 10.7. The molecule has 0 aliphatic heterocycles. The van der Waals surface area contributed by atoms with Gasteiger partial charge in [0.25, 0.3) is 0 Å². The van der Waals surface area contributed by atoms with E-state index in [9.17, 15) is 4.79 Å². The van der Waals surface area contributed by atoms with Gasteiger partial charge in [-0.15, -0.1) is 10.2 Å². The molecule has 7 nitrogen and oxygen atoms in total. The Morgan fingerprint density at radius 1 is 1.19 bits per heavy atom. The number of halogens is 1. The van der Waals surface area contributed by atoms with Gasteiger partial charge in [0.1, 0.15) is 11.5 Å². The molecule has 0 bridgehead atoms. The average Bonchev–Trinajstić information content (AvgIpc) is 3.19. The molecule has 9 heteroatoms. The summed E-state index contributed by atoms with van der Waals surface area (Å²) >= 11 is 7.59. The Balaban J connectivity index is 1.65. The largest absolute Gasteiger partial charge is 0.497 e. The van der Waals surface area contributed by atoms with Crippen LogP contribution in [-0.2, 0) is 11.3 Å². The van der Waals surface area contributed by atoms with Crippen molar-refractivity contribution in [3.05, 3.63) is 58.4 Å². The number of ether oxygens (including phenoxy) is 2. The number of nitrogens with one attached hydrogen (secondary N) is 1. The van der Waals surface area contributed by atoms with E-state index in [2.05, 4.69) is 15.5 Å². The lowest BCUT2D eigenvalue weighted by molar-refractivity contribution is -0.113. The van der Waals surface area contributed by atoms with E-state index >= 15 is 0 Å². The van der Waals surface area contributed by atoms with Gasteiger partial charge in [-0.25, -0.2) is 0 Å². The third-order valence-electron chi connectivity index (χ3n) is 4.83. The molecule has 1 aromatic heterocycles. The van der Waals surface area contributed by atoms with Crippen molar-refractivity contribution in [1.29, 1.82) is 0 Å². The van der Waals surface area contributed by atoms with Gasteiger partial charge in [0.05, 0.1) is 12.9 Å². The van der Waals surface area contributed by atoms with Crippen LogP contribution in [0.25, 0.3) is 0 Å². The van der Waals surface area contributed by atoms with Crippen LogP contribution in [-0.4, -0.2) is 33.5 Å². The first-order valence-corrected chi connectivity index (χ1v) is 11.6. The summed E-state index contributed by atoms with van der Waals surface area (Å²) < 4.78 is 13.3. The maximum atomic E-state index is 12.4. The summed E-state index contributed by atoms with van der Waals surface area (Å²) in [4.78, 5) is 12.4. The van der Waals surface area contributed by atoms with Crippen molar-refractivity contribution in [3.63, 3.8) is 0 Å². The van der Waals surface area contributed by atoms with E-state index < -0.39 is 0 Å². The summed E-state index contributed by atoms with van der Waals surface area (Å²) in [6.07, 6.45) is -0.317. The number of benzene rings is 2. The molecule has 0 aliphatic rings. The smallest absolute Gasteiger partial charge is 0.234 e. The predicted octanol–water partition coefficient (Wildman–Crippen LogP) is 5.45. The summed E-state index contributed by atoms with van der Waals surface area (Å²) in [5.74, 6) is 2.20. The molecule has 0 saturated heterocycles. The molecule has 32 heavy (non-hydrogen) atoms. The van der Waals surface area contributed by atoms with Gasteiger partial charge in [-0.05, 0) is 63.1 Å². The summed E-state index contributed by atoms with van der Waals surface area (Å²) in [6.45, 7) is 8.50. The van der Waals surface area contributed by atoms with Crippen LogP contribution >= 0.6 is 23.4 Å². The molecule has 2 aromatic carbocycles. The van der Waals surface area contributed by atoms with Gasteiger partial charge in [0.15, 0.2) is 17.1 Å². The number of aryl methyl sites for hydroxylation is 2. The maximum absolute atomic E-state index is 12.4. The van der Waals surface area contributed by atoms with Crippen molar-refractivity contribution < 1.29 is 14.3 Å². The number of amides is 1. The van der Waals surface area contributed by atoms with Crippen LogP contribution in [0.15, 0.2) is 41.6 Å². The number of anilines is 1. The van der Waals surface area contributed by atoms with Crippen LogP contribution in [0.5, 0.6) is 11.5 Å². The first kappa shape index (κ1) is 23.9. The fourth-order valence-corrected chi connectivity index (χ4v) is 4.18. The summed E-state index contributed by atoms with van der Waals surface area (Å²) in [7, 11) is 1.59. The van der Waals surface area contributed by atoms with E-state index in [-0.39, 0.29) is 17.8 Å². The maximum Gasteiger partial charge on any atom is 0.234 e. The van der Waals surface area contributed by atoms with Crippen molar-refractivity contribution in [2.24, 2.45) is 0 Å². The molecular formula is C23H27ClN4O3S. The lowest BCUT2D eigenvalue weighted by Crippen LogP contribution is -2.15. The highest BCUT2D eigenvalue weighted by Gasteiger charge is 2.20. The van der Waals surface area contributed by atoms with E-state index in [1.54, 1.807) is 13.2 Å². The van der Waals surface area contributed by atoms with Crippen molar-refractivity contribution in [1.82, 2.24) is 14.8 Å². The van der Waals surface area contributed by atoms with Crippen molar-refractivity contribution >= 4 is 35.0 Å². The fourth-order valence-electron chi connectivity index (χ4n) is 3.26. The van der Waals surface area contributed by atoms with E-state index in [1.165, 1.54) is 11.8 Å². The van der Waals surface area contributed by atoms with E-state index in [1.807, 2.05) is 62.6 Å². The summed E-state index contributed by atoms with van der Waals surface area (Å²) in [5, 5.41) is 12.9. The number of thioether (sulfide) groups is 1. The lowest BCUT2D eigenvalue weighted by atomic mass is 10.1. The Labute approximate surface area is 197 Å². The quantitative estimate of drug-likeness (QED) is 0.415. The van der Waals surface area contributed by atoms with Crippen LogP contribution in [0.2, 0.25) is 5.02 Å². The van der Waals surface area contributed by atoms with Crippen molar-refractivity contribution in [2.45, 2.75) is 45.5 Å². The topological polar surface area (TPSA) is 78.3 Å². The second-order valence-electron chi connectivity index (χ2n) is 7.28. The number of nitrogens with zero attached hydrogens (tertiary/aromatic N) is 3. The minimum atomic E-state index is -0.317. The van der Waals surface area contributed by atoms with Crippen LogP contribution in [0.1, 0.15) is 36.9 Å². The Morgan fingerprint density at radius 2 is 1.91 bits per heavy atom. The molecule has 1 N–H and O–H groups in total. The molecule has 3 aromatic rings. The average molecular weight is 475 g/mol. The molecule has 0 aliphatic carbocycles. The minimum absolute atomic E-state index is 0.133. The van der Waals surface area contributed by atoms with Gasteiger partial charge in [-0.2, -0.15) is 0 Å². The zero-order chi connectivity index (χ0) is 23.3. The first-order chi connectivity index (χ1) is 15.3. The number of methoxy groups -OCH3 is 1. The Hall–Kier alpha value is -2.71. The standard InChI is InChI=1S/C23H27ClN4O3S/c1-6-28-22(16(4)31-19-10-14(2)21(24)15(3)11-19)26-27-23(28)32-13-20(29)25-17-8-7-9-18(12-17)30-5/h7-12,16H,6,13H2,1-5H3,(H,25,29). The van der Waals surface area contributed by atoms with E-state index in [4.69, 9.17) is 21.1 Å². The zero-order valence-electron chi connectivity index (χ0n) is 18.8. The van der Waals surface area contributed by atoms with Gasteiger partial charge in [-0.3, -0.25) is 4.79 Å². The van der Waals surface area contributed by atoms with Crippen LogP contribution < -0.4 is 14.8 Å². The molecular weight excluding hydrogens is 448 g/mol. The third-order valence-corrected chi connectivity index (χ3v) is 6.40. The summed E-state index contributed by atoms with van der Waals surface area (Å²) in [6, 6.07) is 11.1. The zero-order valence-corrected chi connectivity index (χ0v) is 20.4. The Morgan fingerprint density at radius 3 is 2.56 bits per heavy atom. The molecule has 1 amide bonds. The van der Waals surface area contributed by atoms with Gasteiger partial charge in [0, 0.05) is 23.3 Å². The van der Waals surface area contributed by atoms with Crippen molar-refractivity contribution in [3.8, 4) is 11.5 Å². The van der Waals surface area contributed by atoms with Crippen molar-refractivity contribution in [2.75, 3.05) is 18.2 Å². The molecule has 170 valence electrons. The summed E-state index contributed by atoms with van der Waals surface area (Å²) in [5.41, 5.74) is 2.61. The molecule has 1 heterocycles. The molecule has 1 atom stereocenters. The number of carbonyl (C=O) groups excluding carboxylic acids is 1. The number of rotatable bonds is 9. The highest BCUT2D eigenvalue weighted by molar-refractivity contribution is 7.99. The predicted molar refractivity (Wildman–Crippen MR) is 128 cm³/mol. The number of carbonyl (C=O) groups is 1. The van der Waals surface area contributed by atoms with Gasteiger partial charge in [0.2, 0.25) is 5.91 Å². The highest BCUT2D eigenvalue weighted by Crippen LogP contribution is 2.30. The highest BCUT2D eigenvalue weighted by atomic mass is 35.5. The second-order valence-corrected chi connectivity index (χ2v) is 8.61. The van der Waals surface area contributed by atoms with Crippen LogP contribution in [0.3, 0.4) is 0 Å². The molecule has 0 radical (unpaired) electrons. The monoisotopic (exact) mass is 474 g/mol. The van der Waals surface area contributed by atoms with E-state index in [0.717, 1.165) is 21.9 Å². The molecule has 0 fully saturated rings. The van der Waals surface area contributed by atoms with E-state index in [0.29, 0.717) is 29.0 Å². The van der Waals surface area contributed by atoms with Gasteiger partial charge >= 0.3 is 0 Å². The number of hydrogen-bond acceptors (Lipinski definition) is 6.